The van der Waals surface area contributed by atoms with Crippen LogP contribution in [0.25, 0.3) is 0 Å². The molecule has 1 aromatic carbocycles. The van der Waals surface area contributed by atoms with Crippen molar-refractivity contribution in [2.24, 2.45) is 0 Å². The van der Waals surface area contributed by atoms with E-state index in [-0.39, 0.29) is 0 Å². The molecule has 0 spiro atoms. The molecule has 0 aliphatic heterocycles. The van der Waals surface area contributed by atoms with Gasteiger partial charge in [-0.1, -0.05) is 12.1 Å². The highest BCUT2D eigenvalue weighted by Crippen LogP contribution is 2.19. The Morgan fingerprint density at radius 3 is 2.72 bits per heavy atom. The zero-order chi connectivity index (χ0) is 13.0. The molecule has 0 unspecified atom stereocenters. The number of rotatable bonds is 5. The highest BCUT2D eigenvalue weighted by molar-refractivity contribution is 5.51. The highest BCUT2D eigenvalue weighted by atomic mass is 16.5. The van der Waals surface area contributed by atoms with E-state index in [1.807, 2.05) is 37.5 Å². The predicted octanol–water partition coefficient (Wildman–Crippen LogP) is 2.55. The zero-order valence-corrected chi connectivity index (χ0v) is 10.9. The summed E-state index contributed by atoms with van der Waals surface area (Å²) >= 11 is 0. The molecule has 2 N–H and O–H groups in total. The van der Waals surface area contributed by atoms with Gasteiger partial charge in [-0.2, -0.15) is 0 Å². The quantitative estimate of drug-likeness (QED) is 0.650. The van der Waals surface area contributed by atoms with Gasteiger partial charge in [0.05, 0.1) is 24.3 Å². The van der Waals surface area contributed by atoms with Gasteiger partial charge in [0.25, 0.3) is 0 Å². The van der Waals surface area contributed by atoms with Gasteiger partial charge in [0.2, 0.25) is 0 Å². The van der Waals surface area contributed by atoms with E-state index in [4.69, 9.17) is 10.5 Å². The molecule has 0 saturated carbocycles. The SMILES string of the molecule is Cc1ncn(CCCOc2ccccc2N)c1C. The molecule has 0 saturated heterocycles. The van der Waals surface area contributed by atoms with Crippen LogP contribution in [-0.2, 0) is 6.54 Å². The lowest BCUT2D eigenvalue weighted by molar-refractivity contribution is 0.303. The van der Waals surface area contributed by atoms with E-state index in [1.165, 1.54) is 5.69 Å². The molecule has 18 heavy (non-hydrogen) atoms. The van der Waals surface area contributed by atoms with Gasteiger partial charge in [0.15, 0.2) is 0 Å². The fraction of sp³-hybridized carbons (Fsp3) is 0.357. The molecular formula is C14H19N3O. The Kier molecular flexibility index (Phi) is 3.87. The molecule has 0 bridgehead atoms. The Morgan fingerprint density at radius 1 is 1.28 bits per heavy atom. The van der Waals surface area contributed by atoms with Crippen molar-refractivity contribution in [1.82, 2.24) is 9.55 Å². The van der Waals surface area contributed by atoms with E-state index in [2.05, 4.69) is 16.5 Å². The van der Waals surface area contributed by atoms with E-state index >= 15 is 0 Å². The van der Waals surface area contributed by atoms with Crippen molar-refractivity contribution in [3.8, 4) is 5.75 Å². The van der Waals surface area contributed by atoms with Gasteiger partial charge in [-0.15, -0.1) is 0 Å². The monoisotopic (exact) mass is 245 g/mol. The molecule has 0 atom stereocenters. The van der Waals surface area contributed by atoms with Crippen molar-refractivity contribution in [3.63, 3.8) is 0 Å². The third-order valence-corrected chi connectivity index (χ3v) is 3.07. The van der Waals surface area contributed by atoms with Crippen LogP contribution in [0.4, 0.5) is 5.69 Å². The average molecular weight is 245 g/mol. The Morgan fingerprint density at radius 2 is 2.06 bits per heavy atom. The third-order valence-electron chi connectivity index (χ3n) is 3.07. The largest absolute Gasteiger partial charge is 0.491 e. The second kappa shape index (κ2) is 5.58. The second-order valence-corrected chi connectivity index (χ2v) is 4.35. The number of hydrogen-bond donors (Lipinski definition) is 1. The number of nitrogens with two attached hydrogens (primary N) is 1. The zero-order valence-electron chi connectivity index (χ0n) is 10.9. The summed E-state index contributed by atoms with van der Waals surface area (Å²) < 4.78 is 7.79. The van der Waals surface area contributed by atoms with Crippen molar-refractivity contribution in [2.45, 2.75) is 26.8 Å². The number of anilines is 1. The maximum Gasteiger partial charge on any atom is 0.142 e. The van der Waals surface area contributed by atoms with Crippen LogP contribution in [0.15, 0.2) is 30.6 Å². The molecule has 1 aromatic heterocycles. The molecule has 0 amide bonds. The number of aromatic nitrogens is 2. The summed E-state index contributed by atoms with van der Waals surface area (Å²) in [6, 6.07) is 7.57. The minimum absolute atomic E-state index is 0.658. The van der Waals surface area contributed by atoms with Crippen molar-refractivity contribution in [2.75, 3.05) is 12.3 Å². The van der Waals surface area contributed by atoms with E-state index in [1.54, 1.807) is 0 Å². The molecule has 2 rings (SSSR count). The Bertz CT molecular complexity index is 520. The lowest BCUT2D eigenvalue weighted by atomic mass is 10.3. The first-order chi connectivity index (χ1) is 8.68. The maximum atomic E-state index is 5.80. The van der Waals surface area contributed by atoms with Gasteiger partial charge in [0.1, 0.15) is 5.75 Å². The lowest BCUT2D eigenvalue weighted by Crippen LogP contribution is -2.06. The molecule has 1 heterocycles. The van der Waals surface area contributed by atoms with Gasteiger partial charge in [-0.25, -0.2) is 4.98 Å². The number of hydrogen-bond acceptors (Lipinski definition) is 3. The van der Waals surface area contributed by atoms with Crippen LogP contribution in [0.1, 0.15) is 17.8 Å². The number of nitrogens with zero attached hydrogens (tertiary/aromatic N) is 2. The van der Waals surface area contributed by atoms with Gasteiger partial charge < -0.3 is 15.0 Å². The van der Waals surface area contributed by atoms with E-state index in [0.29, 0.717) is 12.3 Å². The maximum absolute atomic E-state index is 5.80. The third kappa shape index (κ3) is 2.83. The van der Waals surface area contributed by atoms with Gasteiger partial charge >= 0.3 is 0 Å². The fourth-order valence-electron chi connectivity index (χ4n) is 1.80. The van der Waals surface area contributed by atoms with Crippen LogP contribution in [0.5, 0.6) is 5.75 Å². The van der Waals surface area contributed by atoms with E-state index in [0.717, 1.165) is 24.4 Å². The number of imidazole rings is 1. The smallest absolute Gasteiger partial charge is 0.142 e. The molecule has 0 fully saturated rings. The summed E-state index contributed by atoms with van der Waals surface area (Å²) in [6.45, 7) is 5.68. The average Bonchev–Trinajstić information content (AvgIpc) is 2.68. The van der Waals surface area contributed by atoms with E-state index < -0.39 is 0 Å². The molecule has 4 heteroatoms. The number of aryl methyl sites for hydroxylation is 2. The molecule has 2 aromatic rings. The van der Waals surface area contributed by atoms with Gasteiger partial charge in [-0.05, 0) is 32.4 Å². The van der Waals surface area contributed by atoms with Crippen LogP contribution < -0.4 is 10.5 Å². The van der Waals surface area contributed by atoms with Crippen molar-refractivity contribution < 1.29 is 4.74 Å². The van der Waals surface area contributed by atoms with Crippen molar-refractivity contribution in [1.29, 1.82) is 0 Å². The summed E-state index contributed by atoms with van der Waals surface area (Å²) in [7, 11) is 0. The first kappa shape index (κ1) is 12.5. The minimum atomic E-state index is 0.658. The Balaban J connectivity index is 1.80. The number of para-hydroxylation sites is 2. The van der Waals surface area contributed by atoms with Crippen LogP contribution in [0.3, 0.4) is 0 Å². The van der Waals surface area contributed by atoms with Crippen LogP contribution in [-0.4, -0.2) is 16.2 Å². The minimum Gasteiger partial charge on any atom is -0.491 e. The molecule has 4 nitrogen and oxygen atoms in total. The van der Waals surface area contributed by atoms with Crippen molar-refractivity contribution >= 4 is 5.69 Å². The molecule has 0 aliphatic carbocycles. The van der Waals surface area contributed by atoms with Gasteiger partial charge in [0, 0.05) is 12.2 Å². The molecule has 0 radical (unpaired) electrons. The standard InChI is InChI=1S/C14H19N3O/c1-11-12(2)17(10-16-11)8-5-9-18-14-7-4-3-6-13(14)15/h3-4,6-7,10H,5,8-9,15H2,1-2H3. The lowest BCUT2D eigenvalue weighted by Gasteiger charge is -2.09. The summed E-state index contributed by atoms with van der Waals surface area (Å²) in [5, 5.41) is 0. The number of ether oxygens (including phenoxy) is 1. The highest BCUT2D eigenvalue weighted by Gasteiger charge is 2.02. The summed E-state index contributed by atoms with van der Waals surface area (Å²) in [5.41, 5.74) is 8.79. The molecule has 96 valence electrons. The fourth-order valence-corrected chi connectivity index (χ4v) is 1.80. The van der Waals surface area contributed by atoms with Crippen LogP contribution in [0.2, 0.25) is 0 Å². The number of nitrogen functional groups attached to an aromatic ring is 1. The topological polar surface area (TPSA) is 53.1 Å². The van der Waals surface area contributed by atoms with Crippen LogP contribution >= 0.6 is 0 Å². The van der Waals surface area contributed by atoms with Gasteiger partial charge in [-0.3, -0.25) is 0 Å². The molecular weight excluding hydrogens is 226 g/mol. The van der Waals surface area contributed by atoms with E-state index in [9.17, 15) is 0 Å². The van der Waals surface area contributed by atoms with Crippen LogP contribution in [0, 0.1) is 13.8 Å². The Labute approximate surface area is 107 Å². The first-order valence-electron chi connectivity index (χ1n) is 6.14. The summed E-state index contributed by atoms with van der Waals surface area (Å²) in [6.07, 6.45) is 2.81. The summed E-state index contributed by atoms with van der Waals surface area (Å²) in [4.78, 5) is 4.27. The van der Waals surface area contributed by atoms with Crippen molar-refractivity contribution in [3.05, 3.63) is 42.0 Å². The second-order valence-electron chi connectivity index (χ2n) is 4.35. The predicted molar refractivity (Wildman–Crippen MR) is 72.7 cm³/mol. The molecule has 0 aliphatic rings. The Hall–Kier alpha value is -1.97. The summed E-state index contributed by atoms with van der Waals surface area (Å²) in [5.74, 6) is 0.760. The number of benzene rings is 1. The normalized spacial score (nSPS) is 10.6. The first-order valence-corrected chi connectivity index (χ1v) is 6.14.